The van der Waals surface area contributed by atoms with Gasteiger partial charge in [-0.15, -0.1) is 0 Å². The number of nitrogens with one attached hydrogen (secondary N) is 1. The molecule has 0 aliphatic carbocycles. The Hall–Kier alpha value is -3.05. The summed E-state index contributed by atoms with van der Waals surface area (Å²) in [5.41, 5.74) is 2.32. The standard InChI is InChI=1S/C27H35N7O3S/c35-27(30-21-10-12-22(13-11-21)38(36,37)33-15-4-2-5-16-33)20-8-7-14-32(18-20)25-24-26(29-19-28-25)34-17-6-1-3-9-23(34)31-24/h10-13,19-20H,1-9,14-18H2,(H,30,35)/t20-/m0/s1. The zero-order chi connectivity index (χ0) is 26.1. The number of amides is 1. The molecule has 1 N–H and O–H groups in total. The van der Waals surface area contributed by atoms with Crippen molar-refractivity contribution in [2.75, 3.05) is 36.4 Å². The lowest BCUT2D eigenvalue weighted by atomic mass is 9.97. The van der Waals surface area contributed by atoms with Gasteiger partial charge in [0.1, 0.15) is 12.2 Å². The van der Waals surface area contributed by atoms with Crippen molar-refractivity contribution >= 4 is 38.6 Å². The van der Waals surface area contributed by atoms with Crippen LogP contribution in [0, 0.1) is 5.92 Å². The summed E-state index contributed by atoms with van der Waals surface area (Å²) >= 11 is 0. The van der Waals surface area contributed by atoms with Gasteiger partial charge in [0.05, 0.1) is 10.8 Å². The van der Waals surface area contributed by atoms with E-state index >= 15 is 0 Å². The first-order valence-electron chi connectivity index (χ1n) is 13.9. The van der Waals surface area contributed by atoms with E-state index in [1.54, 1.807) is 34.9 Å². The number of aryl methyl sites for hydroxylation is 2. The second-order valence-electron chi connectivity index (χ2n) is 10.6. The van der Waals surface area contributed by atoms with E-state index in [4.69, 9.17) is 4.98 Å². The molecular weight excluding hydrogens is 502 g/mol. The maximum atomic E-state index is 13.2. The predicted octanol–water partition coefficient (Wildman–Crippen LogP) is 3.58. The number of carbonyl (C=O) groups excluding carboxylic acids is 1. The maximum absolute atomic E-state index is 13.2. The average molecular weight is 538 g/mol. The number of carbonyl (C=O) groups is 1. The highest BCUT2D eigenvalue weighted by Gasteiger charge is 2.30. The van der Waals surface area contributed by atoms with Crippen LogP contribution in [0.15, 0.2) is 35.5 Å². The van der Waals surface area contributed by atoms with E-state index in [9.17, 15) is 13.2 Å². The van der Waals surface area contributed by atoms with E-state index in [1.165, 1.54) is 6.42 Å². The van der Waals surface area contributed by atoms with Crippen molar-refractivity contribution in [1.29, 1.82) is 0 Å². The Kier molecular flexibility index (Phi) is 7.05. The van der Waals surface area contributed by atoms with Crippen LogP contribution in [0.3, 0.4) is 0 Å². The van der Waals surface area contributed by atoms with Crippen molar-refractivity contribution in [2.24, 2.45) is 5.92 Å². The van der Waals surface area contributed by atoms with Crippen LogP contribution in [0.5, 0.6) is 0 Å². The molecule has 0 saturated carbocycles. The zero-order valence-electron chi connectivity index (χ0n) is 21.7. The summed E-state index contributed by atoms with van der Waals surface area (Å²) < 4.78 is 29.7. The Bertz CT molecular complexity index is 1410. The Labute approximate surface area is 223 Å². The van der Waals surface area contributed by atoms with Crippen LogP contribution in [-0.2, 0) is 27.8 Å². The highest BCUT2D eigenvalue weighted by molar-refractivity contribution is 7.89. The Balaban J connectivity index is 1.15. The van der Waals surface area contributed by atoms with Crippen LogP contribution in [0.4, 0.5) is 11.5 Å². The summed E-state index contributed by atoms with van der Waals surface area (Å²) in [7, 11) is -3.49. The molecule has 2 aromatic heterocycles. The fraction of sp³-hybridized carbons (Fsp3) is 0.556. The number of fused-ring (bicyclic) bond motifs is 3. The third-order valence-corrected chi connectivity index (χ3v) is 9.95. The molecule has 6 rings (SSSR count). The molecule has 0 spiro atoms. The van der Waals surface area contributed by atoms with Crippen molar-refractivity contribution in [3.8, 4) is 0 Å². The number of hydrogen-bond donors (Lipinski definition) is 1. The van der Waals surface area contributed by atoms with Crippen molar-refractivity contribution < 1.29 is 13.2 Å². The summed E-state index contributed by atoms with van der Waals surface area (Å²) in [4.78, 5) is 29.7. The number of rotatable bonds is 5. The summed E-state index contributed by atoms with van der Waals surface area (Å²) in [5.74, 6) is 1.62. The summed E-state index contributed by atoms with van der Waals surface area (Å²) in [6, 6.07) is 6.54. The van der Waals surface area contributed by atoms with Gasteiger partial charge < -0.3 is 14.8 Å². The van der Waals surface area contributed by atoms with Gasteiger partial charge in [0.15, 0.2) is 17.0 Å². The summed E-state index contributed by atoms with van der Waals surface area (Å²) in [5, 5.41) is 3.00. The SMILES string of the molecule is O=C(Nc1ccc(S(=O)(=O)N2CCCCC2)cc1)[C@H]1CCCN(c2ncnc3c2nc2n3CCCCC2)C1. The Morgan fingerprint density at radius 1 is 0.895 bits per heavy atom. The molecule has 202 valence electrons. The topological polar surface area (TPSA) is 113 Å². The maximum Gasteiger partial charge on any atom is 0.243 e. The highest BCUT2D eigenvalue weighted by atomic mass is 32.2. The van der Waals surface area contributed by atoms with Crippen molar-refractivity contribution in [3.05, 3.63) is 36.4 Å². The van der Waals surface area contributed by atoms with Gasteiger partial charge in [-0.1, -0.05) is 12.8 Å². The van der Waals surface area contributed by atoms with Gasteiger partial charge in [-0.25, -0.2) is 23.4 Å². The Morgan fingerprint density at radius 3 is 2.47 bits per heavy atom. The lowest BCUT2D eigenvalue weighted by molar-refractivity contribution is -0.120. The molecule has 1 atom stereocenters. The van der Waals surface area contributed by atoms with E-state index in [2.05, 4.69) is 24.8 Å². The quantitative estimate of drug-likeness (QED) is 0.529. The first kappa shape index (κ1) is 25.2. The van der Waals surface area contributed by atoms with Gasteiger partial charge in [-0.3, -0.25) is 4.79 Å². The monoisotopic (exact) mass is 537 g/mol. The summed E-state index contributed by atoms with van der Waals surface area (Å²) in [6.45, 7) is 3.45. The van der Waals surface area contributed by atoms with E-state index in [-0.39, 0.29) is 16.7 Å². The molecule has 0 bridgehead atoms. The fourth-order valence-electron chi connectivity index (χ4n) is 5.95. The van der Waals surface area contributed by atoms with Gasteiger partial charge in [-0.05, 0) is 62.8 Å². The van der Waals surface area contributed by atoms with E-state index in [0.29, 0.717) is 25.3 Å². The zero-order valence-corrected chi connectivity index (χ0v) is 22.5. The largest absolute Gasteiger partial charge is 0.354 e. The third-order valence-electron chi connectivity index (χ3n) is 8.04. The summed E-state index contributed by atoms with van der Waals surface area (Å²) in [6.07, 6.45) is 10.6. The minimum absolute atomic E-state index is 0.0627. The van der Waals surface area contributed by atoms with Gasteiger partial charge in [0.25, 0.3) is 0 Å². The molecule has 3 aromatic rings. The number of anilines is 2. The second-order valence-corrected chi connectivity index (χ2v) is 12.6. The van der Waals surface area contributed by atoms with Crippen molar-refractivity contribution in [1.82, 2.24) is 23.8 Å². The molecule has 5 heterocycles. The number of imidazole rings is 1. The van der Waals surface area contributed by atoms with Gasteiger partial charge in [-0.2, -0.15) is 4.31 Å². The minimum Gasteiger partial charge on any atom is -0.354 e. The number of nitrogens with zero attached hydrogens (tertiary/aromatic N) is 6. The molecule has 2 fully saturated rings. The second kappa shape index (κ2) is 10.6. The number of benzene rings is 1. The van der Waals surface area contributed by atoms with E-state index in [0.717, 1.165) is 87.3 Å². The normalized spacial score (nSPS) is 21.2. The first-order chi connectivity index (χ1) is 18.5. The molecule has 1 aromatic carbocycles. The molecule has 10 nitrogen and oxygen atoms in total. The molecule has 1 amide bonds. The number of aromatic nitrogens is 4. The lowest BCUT2D eigenvalue weighted by Crippen LogP contribution is -2.41. The van der Waals surface area contributed by atoms with Crippen LogP contribution < -0.4 is 10.2 Å². The highest BCUT2D eigenvalue weighted by Crippen LogP contribution is 2.30. The first-order valence-corrected chi connectivity index (χ1v) is 15.3. The number of hydrogen-bond acceptors (Lipinski definition) is 7. The molecule has 38 heavy (non-hydrogen) atoms. The molecule has 0 unspecified atom stereocenters. The fourth-order valence-corrected chi connectivity index (χ4v) is 7.47. The molecule has 3 aliphatic heterocycles. The number of piperidine rings is 2. The van der Waals surface area contributed by atoms with Gasteiger partial charge in [0, 0.05) is 44.8 Å². The van der Waals surface area contributed by atoms with Crippen LogP contribution >= 0.6 is 0 Å². The molecule has 3 aliphatic rings. The van der Waals surface area contributed by atoms with Crippen LogP contribution in [-0.4, -0.2) is 64.3 Å². The van der Waals surface area contributed by atoms with E-state index in [1.807, 2.05) is 0 Å². The molecule has 2 saturated heterocycles. The minimum atomic E-state index is -3.49. The van der Waals surface area contributed by atoms with Crippen LogP contribution in [0.2, 0.25) is 0 Å². The van der Waals surface area contributed by atoms with Crippen LogP contribution in [0.1, 0.15) is 57.2 Å². The average Bonchev–Trinajstić information content (AvgIpc) is 3.14. The van der Waals surface area contributed by atoms with Gasteiger partial charge in [0.2, 0.25) is 15.9 Å². The molecule has 0 radical (unpaired) electrons. The Morgan fingerprint density at radius 2 is 1.66 bits per heavy atom. The molecular formula is C27H35N7O3S. The lowest BCUT2D eigenvalue weighted by Gasteiger charge is -2.32. The van der Waals surface area contributed by atoms with Gasteiger partial charge >= 0.3 is 0 Å². The predicted molar refractivity (Wildman–Crippen MR) is 145 cm³/mol. The number of sulfonamides is 1. The van der Waals surface area contributed by atoms with Crippen molar-refractivity contribution in [2.45, 2.75) is 69.2 Å². The third kappa shape index (κ3) is 4.89. The van der Waals surface area contributed by atoms with Crippen molar-refractivity contribution in [3.63, 3.8) is 0 Å². The van der Waals surface area contributed by atoms with E-state index < -0.39 is 10.0 Å². The molecule has 11 heteroatoms. The van der Waals surface area contributed by atoms with Crippen LogP contribution in [0.25, 0.3) is 11.2 Å². The smallest absolute Gasteiger partial charge is 0.243 e.